The highest BCUT2D eigenvalue weighted by molar-refractivity contribution is 9.10. The minimum Gasteiger partial charge on any atom is -0.452 e. The van der Waals surface area contributed by atoms with Crippen LogP contribution in [0.2, 0.25) is 5.02 Å². The molecular weight excluding hydrogens is 354 g/mol. The van der Waals surface area contributed by atoms with E-state index in [9.17, 15) is 8.42 Å². The van der Waals surface area contributed by atoms with Crippen molar-refractivity contribution >= 4 is 43.1 Å². The number of nitrogens with one attached hydrogen (secondary N) is 1. The molecule has 1 heterocycles. The molecule has 0 spiro atoms. The average Bonchev–Trinajstić information content (AvgIpc) is 2.72. The maximum Gasteiger partial charge on any atom is 0.175 e. The molecule has 0 atom stereocenters. The van der Waals surface area contributed by atoms with Gasteiger partial charge in [-0.25, -0.2) is 8.42 Å². The minimum absolute atomic E-state index is 0.222. The van der Waals surface area contributed by atoms with Gasteiger partial charge in [0.25, 0.3) is 0 Å². The molecule has 0 aliphatic heterocycles. The van der Waals surface area contributed by atoms with Crippen LogP contribution in [0.4, 0.5) is 5.69 Å². The van der Waals surface area contributed by atoms with Crippen molar-refractivity contribution in [2.75, 3.05) is 11.6 Å². The van der Waals surface area contributed by atoms with Gasteiger partial charge in [0.2, 0.25) is 0 Å². The molecule has 0 saturated carbocycles. The monoisotopic (exact) mass is 363 g/mol. The number of anilines is 1. The van der Waals surface area contributed by atoms with E-state index in [1.165, 1.54) is 12.1 Å². The maximum atomic E-state index is 11.5. The Labute approximate surface area is 124 Å². The Morgan fingerprint density at radius 3 is 2.63 bits per heavy atom. The molecule has 0 aliphatic rings. The van der Waals surface area contributed by atoms with Crippen molar-refractivity contribution in [2.45, 2.75) is 11.4 Å². The summed E-state index contributed by atoms with van der Waals surface area (Å²) >= 11 is 9.23. The van der Waals surface area contributed by atoms with E-state index < -0.39 is 9.84 Å². The Morgan fingerprint density at radius 1 is 1.32 bits per heavy atom. The number of hydrogen-bond acceptors (Lipinski definition) is 4. The number of hydrogen-bond donors (Lipinski definition) is 1. The first kappa shape index (κ1) is 14.4. The highest BCUT2D eigenvalue weighted by Gasteiger charge is 2.10. The van der Waals surface area contributed by atoms with E-state index in [1.807, 2.05) is 6.07 Å². The zero-order valence-electron chi connectivity index (χ0n) is 9.98. The van der Waals surface area contributed by atoms with E-state index >= 15 is 0 Å². The van der Waals surface area contributed by atoms with E-state index in [0.717, 1.165) is 6.26 Å². The van der Waals surface area contributed by atoms with E-state index in [0.29, 0.717) is 27.7 Å². The fraction of sp³-hybridized carbons (Fsp3) is 0.167. The lowest BCUT2D eigenvalue weighted by Crippen LogP contribution is -2.02. The highest BCUT2D eigenvalue weighted by atomic mass is 79.9. The van der Waals surface area contributed by atoms with Crippen molar-refractivity contribution in [3.8, 4) is 0 Å². The third-order valence-electron chi connectivity index (χ3n) is 2.45. The van der Waals surface area contributed by atoms with Crippen LogP contribution in [0.25, 0.3) is 0 Å². The van der Waals surface area contributed by atoms with Crippen LogP contribution >= 0.6 is 27.5 Å². The normalized spacial score (nSPS) is 11.5. The zero-order valence-corrected chi connectivity index (χ0v) is 13.1. The van der Waals surface area contributed by atoms with Gasteiger partial charge in [0, 0.05) is 6.26 Å². The summed E-state index contributed by atoms with van der Waals surface area (Å²) in [6.07, 6.45) is 1.16. The van der Waals surface area contributed by atoms with Crippen molar-refractivity contribution < 1.29 is 12.8 Å². The number of furan rings is 1. The van der Waals surface area contributed by atoms with E-state index in [4.69, 9.17) is 16.0 Å². The van der Waals surface area contributed by atoms with E-state index in [-0.39, 0.29) is 4.90 Å². The van der Waals surface area contributed by atoms with Gasteiger partial charge in [-0.3, -0.25) is 0 Å². The van der Waals surface area contributed by atoms with Crippen LogP contribution in [-0.2, 0) is 16.4 Å². The second-order valence-electron chi connectivity index (χ2n) is 3.97. The molecule has 0 saturated heterocycles. The molecule has 0 fully saturated rings. The van der Waals surface area contributed by atoms with Crippen molar-refractivity contribution in [3.63, 3.8) is 0 Å². The summed E-state index contributed by atoms with van der Waals surface area (Å²) < 4.78 is 28.9. The number of rotatable bonds is 4. The molecule has 2 rings (SSSR count). The third-order valence-corrected chi connectivity index (χ3v) is 4.31. The summed E-state index contributed by atoms with van der Waals surface area (Å²) in [6.45, 7) is 0.415. The average molecular weight is 365 g/mol. The number of sulfone groups is 1. The van der Waals surface area contributed by atoms with Gasteiger partial charge in [0.1, 0.15) is 5.76 Å². The SMILES string of the molecule is CS(=O)(=O)c1ccc(Cl)c(NCc2ccc(Br)o2)c1. The standard InChI is InChI=1S/C12H11BrClNO3S/c1-19(16,17)9-3-4-10(14)11(6-9)15-7-8-2-5-12(13)18-8/h2-6,15H,7H2,1H3. The first-order valence-corrected chi connectivity index (χ1v) is 8.40. The predicted octanol–water partition coefficient (Wildman–Crippen LogP) is 3.71. The molecule has 102 valence electrons. The summed E-state index contributed by atoms with van der Waals surface area (Å²) in [4.78, 5) is 0.222. The van der Waals surface area contributed by atoms with Crippen molar-refractivity contribution in [3.05, 3.63) is 45.8 Å². The lowest BCUT2D eigenvalue weighted by molar-refractivity contribution is 0.495. The van der Waals surface area contributed by atoms with Crippen LogP contribution in [0.3, 0.4) is 0 Å². The number of benzene rings is 1. The lowest BCUT2D eigenvalue weighted by Gasteiger charge is -2.08. The molecule has 19 heavy (non-hydrogen) atoms. The molecule has 7 heteroatoms. The summed E-state index contributed by atoms with van der Waals surface area (Å²) in [5.74, 6) is 0.715. The Kier molecular flexibility index (Phi) is 4.23. The molecule has 2 aromatic rings. The Morgan fingerprint density at radius 2 is 2.05 bits per heavy atom. The first-order valence-electron chi connectivity index (χ1n) is 5.34. The topological polar surface area (TPSA) is 59.3 Å². The van der Waals surface area contributed by atoms with E-state index in [2.05, 4.69) is 21.2 Å². The molecular formula is C12H11BrClNO3S. The number of halogens is 2. The summed E-state index contributed by atoms with van der Waals surface area (Å²) in [7, 11) is -3.25. The Hall–Kier alpha value is -0.980. The minimum atomic E-state index is -3.25. The van der Waals surface area contributed by atoms with Crippen LogP contribution in [-0.4, -0.2) is 14.7 Å². The van der Waals surface area contributed by atoms with Gasteiger partial charge >= 0.3 is 0 Å². The summed E-state index contributed by atoms with van der Waals surface area (Å²) in [5, 5.41) is 3.50. The van der Waals surface area contributed by atoms with Gasteiger partial charge in [0.05, 0.1) is 22.2 Å². The van der Waals surface area contributed by atoms with Crippen LogP contribution < -0.4 is 5.32 Å². The summed E-state index contributed by atoms with van der Waals surface area (Å²) in [5.41, 5.74) is 0.553. The molecule has 1 aromatic heterocycles. The van der Waals surface area contributed by atoms with Gasteiger partial charge < -0.3 is 9.73 Å². The fourth-order valence-corrected chi connectivity index (χ4v) is 2.67. The molecule has 0 radical (unpaired) electrons. The Bertz CT molecular complexity index is 697. The van der Waals surface area contributed by atoms with Crippen LogP contribution in [0.5, 0.6) is 0 Å². The zero-order chi connectivity index (χ0) is 14.0. The van der Waals surface area contributed by atoms with Gasteiger partial charge in [-0.05, 0) is 46.3 Å². The second-order valence-corrected chi connectivity index (χ2v) is 7.18. The molecule has 0 amide bonds. The van der Waals surface area contributed by atoms with Gasteiger partial charge in [-0.1, -0.05) is 11.6 Å². The van der Waals surface area contributed by atoms with Crippen LogP contribution in [0.1, 0.15) is 5.76 Å². The molecule has 1 N–H and O–H groups in total. The second kappa shape index (κ2) is 5.56. The van der Waals surface area contributed by atoms with Gasteiger partial charge in [-0.15, -0.1) is 0 Å². The van der Waals surface area contributed by atoms with Gasteiger partial charge in [-0.2, -0.15) is 0 Å². The predicted molar refractivity (Wildman–Crippen MR) is 78.3 cm³/mol. The smallest absolute Gasteiger partial charge is 0.175 e. The Balaban J connectivity index is 2.20. The third kappa shape index (κ3) is 3.75. The molecule has 4 nitrogen and oxygen atoms in total. The highest BCUT2D eigenvalue weighted by Crippen LogP contribution is 2.26. The fourth-order valence-electron chi connectivity index (χ4n) is 1.50. The maximum absolute atomic E-state index is 11.5. The van der Waals surface area contributed by atoms with Crippen molar-refractivity contribution in [2.24, 2.45) is 0 Å². The molecule has 0 unspecified atom stereocenters. The molecule has 1 aromatic carbocycles. The lowest BCUT2D eigenvalue weighted by atomic mass is 10.3. The summed E-state index contributed by atoms with van der Waals surface area (Å²) in [6, 6.07) is 8.14. The van der Waals surface area contributed by atoms with E-state index in [1.54, 1.807) is 12.1 Å². The van der Waals surface area contributed by atoms with Crippen molar-refractivity contribution in [1.82, 2.24) is 0 Å². The van der Waals surface area contributed by atoms with Gasteiger partial charge in [0.15, 0.2) is 14.5 Å². The largest absolute Gasteiger partial charge is 0.452 e. The molecule has 0 bridgehead atoms. The first-order chi connectivity index (χ1) is 8.86. The van der Waals surface area contributed by atoms with Crippen LogP contribution in [0, 0.1) is 0 Å². The van der Waals surface area contributed by atoms with Crippen molar-refractivity contribution in [1.29, 1.82) is 0 Å². The van der Waals surface area contributed by atoms with Crippen LogP contribution in [0.15, 0.2) is 44.3 Å². The molecule has 0 aliphatic carbocycles. The quantitative estimate of drug-likeness (QED) is 0.898.